The smallest absolute Gasteiger partial charge is 0.320 e. The number of hydrogen-bond acceptors (Lipinski definition) is 4. The highest BCUT2D eigenvalue weighted by Gasteiger charge is 2.37. The Hall–Kier alpha value is -1.95. The van der Waals surface area contributed by atoms with Gasteiger partial charge in [-0.15, -0.1) is 0 Å². The van der Waals surface area contributed by atoms with Gasteiger partial charge in [0.05, 0.1) is 19.7 Å². The zero-order chi connectivity index (χ0) is 14.7. The van der Waals surface area contributed by atoms with Crippen LogP contribution in [0.4, 0.5) is 4.79 Å². The monoisotopic (exact) mass is 291 g/mol. The molecule has 2 aliphatic heterocycles. The van der Waals surface area contributed by atoms with Crippen LogP contribution in [0.5, 0.6) is 11.5 Å². The molecule has 2 amide bonds. The van der Waals surface area contributed by atoms with Crippen LogP contribution in [-0.4, -0.2) is 68.3 Å². The summed E-state index contributed by atoms with van der Waals surface area (Å²) in [6, 6.07) is 7.98. The summed E-state index contributed by atoms with van der Waals surface area (Å²) < 4.78 is 11.0. The number of piperazine rings is 1. The van der Waals surface area contributed by atoms with Gasteiger partial charge in [0, 0.05) is 26.2 Å². The minimum absolute atomic E-state index is 0.130. The summed E-state index contributed by atoms with van der Waals surface area (Å²) in [5.74, 6) is 1.43. The molecule has 0 saturated carbocycles. The molecule has 6 nitrogen and oxygen atoms in total. The second-order valence-electron chi connectivity index (χ2n) is 5.28. The number of amides is 2. The fourth-order valence-corrected chi connectivity index (χ4v) is 2.88. The lowest BCUT2D eigenvalue weighted by Crippen LogP contribution is -2.49. The highest BCUT2D eigenvalue weighted by atomic mass is 16.5. The van der Waals surface area contributed by atoms with Crippen molar-refractivity contribution in [2.24, 2.45) is 0 Å². The van der Waals surface area contributed by atoms with E-state index in [9.17, 15) is 4.79 Å². The van der Waals surface area contributed by atoms with Crippen LogP contribution in [0.1, 0.15) is 0 Å². The van der Waals surface area contributed by atoms with Crippen molar-refractivity contribution in [1.29, 1.82) is 0 Å². The van der Waals surface area contributed by atoms with Gasteiger partial charge < -0.3 is 24.6 Å². The van der Waals surface area contributed by atoms with Gasteiger partial charge in [-0.3, -0.25) is 0 Å². The Morgan fingerprint density at radius 3 is 2.90 bits per heavy atom. The molecule has 1 aromatic rings. The number of rotatable bonds is 5. The third-order valence-electron chi connectivity index (χ3n) is 3.99. The average Bonchev–Trinajstić information content (AvgIpc) is 2.85. The van der Waals surface area contributed by atoms with Gasteiger partial charge in [0.15, 0.2) is 11.5 Å². The zero-order valence-electron chi connectivity index (χ0n) is 12.2. The molecule has 0 spiro atoms. The first kappa shape index (κ1) is 14.0. The SMILES string of the molecule is COc1ccccc1OCCN1CC2CNCCN2C1=O. The van der Waals surface area contributed by atoms with Crippen molar-refractivity contribution in [2.75, 3.05) is 46.4 Å². The Labute approximate surface area is 124 Å². The van der Waals surface area contributed by atoms with Gasteiger partial charge in [-0.25, -0.2) is 4.79 Å². The maximum Gasteiger partial charge on any atom is 0.320 e. The van der Waals surface area contributed by atoms with Crippen molar-refractivity contribution < 1.29 is 14.3 Å². The Bertz CT molecular complexity index is 509. The fourth-order valence-electron chi connectivity index (χ4n) is 2.88. The molecule has 114 valence electrons. The lowest BCUT2D eigenvalue weighted by atomic mass is 10.2. The van der Waals surface area contributed by atoms with Crippen molar-refractivity contribution in [3.63, 3.8) is 0 Å². The molecule has 0 radical (unpaired) electrons. The molecule has 0 bridgehead atoms. The molecule has 2 fully saturated rings. The summed E-state index contributed by atoms with van der Waals surface area (Å²) in [7, 11) is 1.62. The lowest BCUT2D eigenvalue weighted by molar-refractivity contribution is 0.173. The van der Waals surface area contributed by atoms with E-state index in [-0.39, 0.29) is 6.03 Å². The number of carbonyl (C=O) groups excluding carboxylic acids is 1. The number of hydrogen-bond donors (Lipinski definition) is 1. The van der Waals surface area contributed by atoms with Crippen LogP contribution in [0, 0.1) is 0 Å². The summed E-state index contributed by atoms with van der Waals surface area (Å²) in [5.41, 5.74) is 0. The first-order valence-corrected chi connectivity index (χ1v) is 7.31. The predicted octanol–water partition coefficient (Wildman–Crippen LogP) is 0.783. The average molecular weight is 291 g/mol. The number of para-hydroxylation sites is 2. The third kappa shape index (κ3) is 2.90. The van der Waals surface area contributed by atoms with E-state index < -0.39 is 0 Å². The van der Waals surface area contributed by atoms with Gasteiger partial charge in [-0.2, -0.15) is 0 Å². The molecule has 1 N–H and O–H groups in total. The number of nitrogens with zero attached hydrogens (tertiary/aromatic N) is 2. The molecule has 1 aromatic carbocycles. The Morgan fingerprint density at radius 1 is 1.33 bits per heavy atom. The van der Waals surface area contributed by atoms with Gasteiger partial charge in [-0.1, -0.05) is 12.1 Å². The lowest BCUT2D eigenvalue weighted by Gasteiger charge is -2.28. The summed E-state index contributed by atoms with van der Waals surface area (Å²) >= 11 is 0. The van der Waals surface area contributed by atoms with Crippen molar-refractivity contribution in [3.05, 3.63) is 24.3 Å². The van der Waals surface area contributed by atoms with Crippen molar-refractivity contribution in [3.8, 4) is 11.5 Å². The van der Waals surface area contributed by atoms with E-state index in [1.807, 2.05) is 34.1 Å². The number of methoxy groups -OCH3 is 1. The number of ether oxygens (including phenoxy) is 2. The standard InChI is InChI=1S/C15H21N3O3/c1-20-13-4-2-3-5-14(13)21-9-8-17-11-12-10-16-6-7-18(12)15(17)19/h2-5,12,16H,6-11H2,1H3. The number of nitrogens with one attached hydrogen (secondary N) is 1. The molecular formula is C15H21N3O3. The van der Waals surface area contributed by atoms with Crippen LogP contribution in [0.2, 0.25) is 0 Å². The molecule has 2 heterocycles. The van der Waals surface area contributed by atoms with Crippen molar-refractivity contribution >= 4 is 6.03 Å². The van der Waals surface area contributed by atoms with Crippen LogP contribution < -0.4 is 14.8 Å². The maximum atomic E-state index is 12.2. The summed E-state index contributed by atoms with van der Waals surface area (Å²) in [6.45, 7) is 4.42. The van der Waals surface area contributed by atoms with E-state index >= 15 is 0 Å². The van der Waals surface area contributed by atoms with Crippen LogP contribution in [0.15, 0.2) is 24.3 Å². The number of fused-ring (bicyclic) bond motifs is 1. The minimum atomic E-state index is 0.130. The van der Waals surface area contributed by atoms with E-state index in [4.69, 9.17) is 9.47 Å². The number of carbonyl (C=O) groups is 1. The molecular weight excluding hydrogens is 270 g/mol. The molecule has 1 unspecified atom stereocenters. The summed E-state index contributed by atoms with van der Waals surface area (Å²) in [5, 5.41) is 3.33. The number of urea groups is 1. The first-order chi connectivity index (χ1) is 10.3. The summed E-state index contributed by atoms with van der Waals surface area (Å²) in [4.78, 5) is 16.1. The Balaban J connectivity index is 1.53. The van der Waals surface area contributed by atoms with E-state index in [0.717, 1.165) is 26.2 Å². The Kier molecular flexibility index (Phi) is 4.15. The number of benzene rings is 1. The van der Waals surface area contributed by atoms with Gasteiger partial charge >= 0.3 is 6.03 Å². The van der Waals surface area contributed by atoms with E-state index in [1.165, 1.54) is 0 Å². The Morgan fingerprint density at radius 2 is 2.14 bits per heavy atom. The van der Waals surface area contributed by atoms with Crippen LogP contribution in [-0.2, 0) is 0 Å². The zero-order valence-corrected chi connectivity index (χ0v) is 12.2. The maximum absolute atomic E-state index is 12.2. The topological polar surface area (TPSA) is 54.0 Å². The van der Waals surface area contributed by atoms with Crippen molar-refractivity contribution in [1.82, 2.24) is 15.1 Å². The molecule has 2 aliphatic rings. The molecule has 3 rings (SSSR count). The molecule has 1 atom stereocenters. The van der Waals surface area contributed by atoms with Crippen LogP contribution in [0.25, 0.3) is 0 Å². The highest BCUT2D eigenvalue weighted by molar-refractivity contribution is 5.77. The predicted molar refractivity (Wildman–Crippen MR) is 78.8 cm³/mol. The van der Waals surface area contributed by atoms with E-state index in [1.54, 1.807) is 7.11 Å². The quantitative estimate of drug-likeness (QED) is 0.871. The molecule has 0 aromatic heterocycles. The van der Waals surface area contributed by atoms with E-state index in [0.29, 0.717) is 30.7 Å². The van der Waals surface area contributed by atoms with Gasteiger partial charge in [0.1, 0.15) is 6.61 Å². The van der Waals surface area contributed by atoms with Crippen molar-refractivity contribution in [2.45, 2.75) is 6.04 Å². The molecule has 0 aliphatic carbocycles. The fraction of sp³-hybridized carbons (Fsp3) is 0.533. The first-order valence-electron chi connectivity index (χ1n) is 7.31. The van der Waals surface area contributed by atoms with Gasteiger partial charge in [-0.05, 0) is 12.1 Å². The third-order valence-corrected chi connectivity index (χ3v) is 3.99. The molecule has 2 saturated heterocycles. The van der Waals surface area contributed by atoms with E-state index in [2.05, 4.69) is 5.32 Å². The largest absolute Gasteiger partial charge is 0.493 e. The van der Waals surface area contributed by atoms with Crippen LogP contribution >= 0.6 is 0 Å². The normalized spacial score (nSPS) is 21.4. The molecule has 21 heavy (non-hydrogen) atoms. The van der Waals surface area contributed by atoms with Crippen LogP contribution in [0.3, 0.4) is 0 Å². The highest BCUT2D eigenvalue weighted by Crippen LogP contribution is 2.25. The summed E-state index contributed by atoms with van der Waals surface area (Å²) in [6.07, 6.45) is 0. The van der Waals surface area contributed by atoms with Gasteiger partial charge in [0.2, 0.25) is 0 Å². The van der Waals surface area contributed by atoms with Gasteiger partial charge in [0.25, 0.3) is 0 Å². The minimum Gasteiger partial charge on any atom is -0.493 e. The second-order valence-corrected chi connectivity index (χ2v) is 5.28. The second kappa shape index (κ2) is 6.22. The molecule has 6 heteroatoms.